The largest absolute Gasteiger partial charge is 0.402 e. The average Bonchev–Trinajstić information content (AvgIpc) is 2.00. The van der Waals surface area contributed by atoms with Gasteiger partial charge in [-0.05, 0) is 13.0 Å². The molecule has 0 saturated carbocycles. The van der Waals surface area contributed by atoms with Gasteiger partial charge in [0, 0.05) is 11.6 Å². The summed E-state index contributed by atoms with van der Waals surface area (Å²) >= 11 is 0. The second-order valence-electron chi connectivity index (χ2n) is 3.39. The van der Waals surface area contributed by atoms with E-state index in [0.717, 1.165) is 0 Å². The second kappa shape index (κ2) is 2.66. The minimum absolute atomic E-state index is 0.0139. The van der Waals surface area contributed by atoms with Crippen LogP contribution in [-0.4, -0.2) is 5.91 Å². The summed E-state index contributed by atoms with van der Waals surface area (Å²) in [6, 6.07) is 0. The molecule has 12 heavy (non-hydrogen) atoms. The van der Waals surface area contributed by atoms with Crippen LogP contribution in [0.1, 0.15) is 13.8 Å². The molecule has 1 aliphatic rings. The van der Waals surface area contributed by atoms with Crippen LogP contribution in [0.3, 0.4) is 0 Å². The molecule has 0 aromatic heterocycles. The molecule has 3 heteroatoms. The van der Waals surface area contributed by atoms with Gasteiger partial charge in [-0.3, -0.25) is 4.79 Å². The van der Waals surface area contributed by atoms with Gasteiger partial charge in [-0.25, -0.2) is 0 Å². The van der Waals surface area contributed by atoms with E-state index in [1.165, 1.54) is 0 Å². The van der Waals surface area contributed by atoms with Gasteiger partial charge in [0.25, 0.3) is 0 Å². The minimum Gasteiger partial charge on any atom is -0.402 e. The first-order valence-corrected chi connectivity index (χ1v) is 3.93. The van der Waals surface area contributed by atoms with E-state index in [9.17, 15) is 4.79 Å². The van der Waals surface area contributed by atoms with E-state index >= 15 is 0 Å². The first-order valence-electron chi connectivity index (χ1n) is 3.93. The molecule has 66 valence electrons. The van der Waals surface area contributed by atoms with E-state index < -0.39 is 5.41 Å². The Labute approximate surface area is 72.1 Å². The fraction of sp³-hybridized carbons (Fsp3) is 0.444. The maximum Gasteiger partial charge on any atom is 0.227 e. The molecule has 0 aromatic carbocycles. The van der Waals surface area contributed by atoms with Crippen molar-refractivity contribution in [1.82, 2.24) is 0 Å². The van der Waals surface area contributed by atoms with Crippen molar-refractivity contribution in [3.05, 3.63) is 23.9 Å². The molecule has 0 saturated heterocycles. The molecule has 0 radical (unpaired) electrons. The number of rotatable bonds is 1. The first kappa shape index (κ1) is 8.84. The van der Waals surface area contributed by atoms with Crippen molar-refractivity contribution in [2.45, 2.75) is 13.8 Å². The molecule has 1 amide bonds. The predicted molar refractivity (Wildman–Crippen MR) is 47.9 cm³/mol. The summed E-state index contributed by atoms with van der Waals surface area (Å²) in [6.45, 7) is 3.70. The van der Waals surface area contributed by atoms with Crippen molar-refractivity contribution in [1.29, 1.82) is 0 Å². The fourth-order valence-corrected chi connectivity index (χ4v) is 1.29. The number of carbonyl (C=O) groups excluding carboxylic acids is 1. The third-order valence-electron chi connectivity index (χ3n) is 2.66. The van der Waals surface area contributed by atoms with E-state index in [0.29, 0.717) is 5.70 Å². The highest BCUT2D eigenvalue weighted by molar-refractivity contribution is 5.83. The molecule has 1 rings (SSSR count). The molecule has 0 heterocycles. The minimum atomic E-state index is -0.626. The Balaban J connectivity index is 3.03. The number of amides is 1. The zero-order valence-corrected chi connectivity index (χ0v) is 7.37. The molecule has 3 nitrogen and oxygen atoms in total. The highest BCUT2D eigenvalue weighted by atomic mass is 16.1. The summed E-state index contributed by atoms with van der Waals surface area (Å²) < 4.78 is 0. The Hall–Kier alpha value is -1.25. The van der Waals surface area contributed by atoms with Crippen LogP contribution in [0.2, 0.25) is 0 Å². The molecular formula is C9H14N2O. The van der Waals surface area contributed by atoms with E-state index in [-0.39, 0.29) is 11.8 Å². The summed E-state index contributed by atoms with van der Waals surface area (Å²) in [6.07, 6.45) is 5.38. The lowest BCUT2D eigenvalue weighted by Gasteiger charge is -2.32. The van der Waals surface area contributed by atoms with Crippen LogP contribution in [0.5, 0.6) is 0 Å². The number of hydrogen-bond acceptors (Lipinski definition) is 2. The Morgan fingerprint density at radius 2 is 2.25 bits per heavy atom. The van der Waals surface area contributed by atoms with Crippen molar-refractivity contribution < 1.29 is 4.79 Å². The molecule has 4 N–H and O–H groups in total. The van der Waals surface area contributed by atoms with E-state index in [4.69, 9.17) is 11.5 Å². The molecule has 0 aliphatic heterocycles. The number of primary amides is 1. The zero-order chi connectivity index (χ0) is 9.35. The van der Waals surface area contributed by atoms with Crippen molar-refractivity contribution in [3.8, 4) is 0 Å². The van der Waals surface area contributed by atoms with Gasteiger partial charge in [-0.1, -0.05) is 19.1 Å². The maximum absolute atomic E-state index is 11.1. The van der Waals surface area contributed by atoms with Crippen LogP contribution in [0.25, 0.3) is 0 Å². The van der Waals surface area contributed by atoms with Crippen molar-refractivity contribution in [2.24, 2.45) is 22.8 Å². The Morgan fingerprint density at radius 3 is 2.67 bits per heavy atom. The standard InChI is InChI=1S/C9H14N2O/c1-6-7(10)4-3-5-9(6,2)8(11)12/h3-6H,10H2,1-2H3,(H2,11,12). The van der Waals surface area contributed by atoms with Crippen molar-refractivity contribution in [2.75, 3.05) is 0 Å². The monoisotopic (exact) mass is 166 g/mol. The molecule has 0 fully saturated rings. The van der Waals surface area contributed by atoms with Crippen LogP contribution in [0.15, 0.2) is 23.9 Å². The van der Waals surface area contributed by atoms with Crippen molar-refractivity contribution >= 4 is 5.91 Å². The van der Waals surface area contributed by atoms with Gasteiger partial charge in [0.2, 0.25) is 5.91 Å². The van der Waals surface area contributed by atoms with Gasteiger partial charge >= 0.3 is 0 Å². The van der Waals surface area contributed by atoms with Gasteiger partial charge < -0.3 is 11.5 Å². The molecule has 2 atom stereocenters. The van der Waals surface area contributed by atoms with Gasteiger partial charge in [0.15, 0.2) is 0 Å². The molecule has 0 bridgehead atoms. The number of carbonyl (C=O) groups is 1. The highest BCUT2D eigenvalue weighted by Crippen LogP contribution is 2.34. The summed E-state index contributed by atoms with van der Waals surface area (Å²) in [5.41, 5.74) is 11.1. The van der Waals surface area contributed by atoms with Crippen LogP contribution < -0.4 is 11.5 Å². The molecule has 0 spiro atoms. The Bertz CT molecular complexity index is 268. The maximum atomic E-state index is 11.1. The summed E-state index contributed by atoms with van der Waals surface area (Å²) in [7, 11) is 0. The third-order valence-corrected chi connectivity index (χ3v) is 2.66. The Morgan fingerprint density at radius 1 is 1.67 bits per heavy atom. The lowest BCUT2D eigenvalue weighted by molar-refractivity contribution is -0.126. The first-order chi connectivity index (χ1) is 5.48. The quantitative estimate of drug-likeness (QED) is 0.596. The fourth-order valence-electron chi connectivity index (χ4n) is 1.29. The number of hydrogen-bond donors (Lipinski definition) is 2. The highest BCUT2D eigenvalue weighted by Gasteiger charge is 2.37. The second-order valence-corrected chi connectivity index (χ2v) is 3.39. The van der Waals surface area contributed by atoms with Gasteiger partial charge in [-0.2, -0.15) is 0 Å². The average molecular weight is 166 g/mol. The van der Waals surface area contributed by atoms with E-state index in [1.807, 2.05) is 6.92 Å². The number of allylic oxidation sites excluding steroid dienone is 3. The van der Waals surface area contributed by atoms with E-state index in [1.54, 1.807) is 25.2 Å². The molecule has 2 unspecified atom stereocenters. The predicted octanol–water partition coefficient (Wildman–Crippen LogP) is 0.527. The zero-order valence-electron chi connectivity index (χ0n) is 7.37. The Kier molecular flexibility index (Phi) is 1.96. The summed E-state index contributed by atoms with van der Waals surface area (Å²) in [4.78, 5) is 11.1. The van der Waals surface area contributed by atoms with Crippen LogP contribution in [-0.2, 0) is 4.79 Å². The van der Waals surface area contributed by atoms with Gasteiger partial charge in [0.1, 0.15) is 0 Å². The van der Waals surface area contributed by atoms with Gasteiger partial charge in [0.05, 0.1) is 5.41 Å². The molecule has 0 aromatic rings. The normalized spacial score (nSPS) is 34.5. The third kappa shape index (κ3) is 1.11. The van der Waals surface area contributed by atoms with Gasteiger partial charge in [-0.15, -0.1) is 0 Å². The van der Waals surface area contributed by atoms with E-state index in [2.05, 4.69) is 0 Å². The van der Waals surface area contributed by atoms with Crippen LogP contribution in [0.4, 0.5) is 0 Å². The number of nitrogens with two attached hydrogens (primary N) is 2. The summed E-state index contributed by atoms with van der Waals surface area (Å²) in [5, 5.41) is 0. The SMILES string of the molecule is CC1C(N)=CC=CC1(C)C(N)=O. The molecule has 1 aliphatic carbocycles. The van der Waals surface area contributed by atoms with Crippen molar-refractivity contribution in [3.63, 3.8) is 0 Å². The lowest BCUT2D eigenvalue weighted by Crippen LogP contribution is -2.41. The smallest absolute Gasteiger partial charge is 0.227 e. The summed E-state index contributed by atoms with van der Waals surface area (Å²) in [5.74, 6) is -0.345. The van der Waals surface area contributed by atoms with Crippen LogP contribution in [0, 0.1) is 11.3 Å². The molecular weight excluding hydrogens is 152 g/mol. The van der Waals surface area contributed by atoms with Crippen LogP contribution >= 0.6 is 0 Å². The lowest BCUT2D eigenvalue weighted by atomic mass is 9.73. The topological polar surface area (TPSA) is 69.1 Å².